The number of halogens is 1. The number of H-pyrrole nitrogens is 1. The van der Waals surface area contributed by atoms with Crippen LogP contribution >= 0.6 is 34.7 Å². The maximum absolute atomic E-state index is 12.9. The zero-order valence-electron chi connectivity index (χ0n) is 16.2. The van der Waals surface area contributed by atoms with Crippen molar-refractivity contribution in [3.05, 3.63) is 75.4 Å². The first-order chi connectivity index (χ1) is 15.1. The Morgan fingerprint density at radius 1 is 1.13 bits per heavy atom. The fourth-order valence-electron chi connectivity index (χ4n) is 3.27. The maximum atomic E-state index is 12.9. The van der Waals surface area contributed by atoms with Crippen LogP contribution in [0.1, 0.15) is 5.82 Å². The zero-order valence-corrected chi connectivity index (χ0v) is 18.6. The average Bonchev–Trinajstić information content (AvgIpc) is 3.37. The van der Waals surface area contributed by atoms with Crippen molar-refractivity contribution in [2.45, 2.75) is 10.9 Å². The molecule has 0 saturated heterocycles. The highest BCUT2D eigenvalue weighted by Gasteiger charge is 2.16. The lowest BCUT2D eigenvalue weighted by molar-refractivity contribution is 0.793. The Morgan fingerprint density at radius 2 is 1.94 bits per heavy atom. The summed E-state index contributed by atoms with van der Waals surface area (Å²) in [5.74, 6) is 1.81. The van der Waals surface area contributed by atoms with Crippen LogP contribution in [0.3, 0.4) is 0 Å². The molecule has 0 spiro atoms. The van der Waals surface area contributed by atoms with Crippen LogP contribution in [-0.2, 0) is 12.8 Å². The van der Waals surface area contributed by atoms with Crippen molar-refractivity contribution in [2.75, 3.05) is 0 Å². The summed E-state index contributed by atoms with van der Waals surface area (Å²) in [6.07, 6.45) is 3.44. The van der Waals surface area contributed by atoms with Crippen LogP contribution in [0.4, 0.5) is 0 Å². The van der Waals surface area contributed by atoms with E-state index in [-0.39, 0.29) is 5.56 Å². The predicted molar refractivity (Wildman–Crippen MR) is 124 cm³/mol. The fraction of sp³-hybridized carbons (Fsp3) is 0.0952. The van der Waals surface area contributed by atoms with Gasteiger partial charge >= 0.3 is 0 Å². The molecule has 0 fully saturated rings. The van der Waals surface area contributed by atoms with Gasteiger partial charge in [0.15, 0.2) is 11.0 Å². The van der Waals surface area contributed by atoms with Gasteiger partial charge in [0.2, 0.25) is 0 Å². The van der Waals surface area contributed by atoms with Crippen LogP contribution in [0, 0.1) is 0 Å². The van der Waals surface area contributed by atoms with E-state index in [1.165, 1.54) is 23.1 Å². The van der Waals surface area contributed by atoms with Crippen LogP contribution in [0.25, 0.3) is 32.7 Å². The highest BCUT2D eigenvalue weighted by molar-refractivity contribution is 7.98. The average molecular weight is 467 g/mol. The third-order valence-electron chi connectivity index (χ3n) is 4.77. The van der Waals surface area contributed by atoms with E-state index in [0.29, 0.717) is 26.8 Å². The lowest BCUT2D eigenvalue weighted by atomic mass is 10.1. The van der Waals surface area contributed by atoms with Crippen LogP contribution in [0.15, 0.2) is 64.1 Å². The first kappa shape index (κ1) is 19.9. The maximum Gasteiger partial charge on any atom is 0.260 e. The van der Waals surface area contributed by atoms with Crippen LogP contribution in [0.2, 0.25) is 5.02 Å². The highest BCUT2D eigenvalue weighted by atomic mass is 35.5. The van der Waals surface area contributed by atoms with Crippen molar-refractivity contribution in [1.29, 1.82) is 0 Å². The second-order valence-corrected chi connectivity index (χ2v) is 8.92. The molecule has 7 nitrogen and oxygen atoms in total. The van der Waals surface area contributed by atoms with E-state index in [2.05, 4.69) is 25.1 Å². The van der Waals surface area contributed by atoms with Crippen molar-refractivity contribution >= 4 is 44.9 Å². The minimum atomic E-state index is -0.174. The smallest absolute Gasteiger partial charge is 0.260 e. The van der Waals surface area contributed by atoms with Crippen molar-refractivity contribution in [1.82, 2.24) is 29.7 Å². The molecule has 0 aliphatic rings. The number of thioether (sulfide) groups is 1. The van der Waals surface area contributed by atoms with E-state index >= 15 is 0 Å². The summed E-state index contributed by atoms with van der Waals surface area (Å²) in [7, 11) is 1.91. The van der Waals surface area contributed by atoms with Gasteiger partial charge in [0.25, 0.3) is 5.56 Å². The first-order valence-corrected chi connectivity index (χ1v) is 11.5. The highest BCUT2D eigenvalue weighted by Crippen LogP contribution is 2.35. The Hall–Kier alpha value is -3.01. The molecular weight excluding hydrogens is 452 g/mol. The molecule has 0 aliphatic carbocycles. The van der Waals surface area contributed by atoms with Gasteiger partial charge in [-0.05, 0) is 18.2 Å². The number of nitrogens with zero attached hydrogens (tertiary/aromatic N) is 5. The van der Waals surface area contributed by atoms with Crippen molar-refractivity contribution in [3.8, 4) is 22.5 Å². The van der Waals surface area contributed by atoms with Gasteiger partial charge in [-0.2, -0.15) is 0 Å². The molecule has 4 heterocycles. The molecule has 31 heavy (non-hydrogen) atoms. The monoisotopic (exact) mass is 466 g/mol. The van der Waals surface area contributed by atoms with Gasteiger partial charge in [-0.1, -0.05) is 41.6 Å². The molecule has 5 rings (SSSR count). The number of aromatic nitrogens is 6. The Balaban J connectivity index is 1.42. The lowest BCUT2D eigenvalue weighted by Crippen LogP contribution is -2.11. The number of hydrogen-bond donors (Lipinski definition) is 1. The number of fused-ring (bicyclic) bond motifs is 1. The van der Waals surface area contributed by atoms with Crippen LogP contribution < -0.4 is 5.56 Å². The van der Waals surface area contributed by atoms with Gasteiger partial charge in [-0.15, -0.1) is 21.5 Å². The Morgan fingerprint density at radius 3 is 2.74 bits per heavy atom. The third-order valence-corrected chi connectivity index (χ3v) is 7.00. The number of benzene rings is 1. The number of thiophene rings is 1. The molecule has 154 valence electrons. The number of pyridine rings is 1. The summed E-state index contributed by atoms with van der Waals surface area (Å²) in [6, 6.07) is 11.3. The van der Waals surface area contributed by atoms with Crippen LogP contribution in [-0.4, -0.2) is 29.7 Å². The molecule has 1 aromatic carbocycles. The molecule has 1 N–H and O–H groups in total. The standard InChI is InChI=1S/C21H15ClN6OS2/c1-28-18(12-6-8-23-9-7-12)26-27-21(28)31-11-16-24-19(29)17-14(10-30-20(17)25-16)13-4-2-3-5-15(13)22/h2-10H,11H2,1H3,(H,24,25,29). The topological polar surface area (TPSA) is 89.4 Å². The minimum absolute atomic E-state index is 0.174. The minimum Gasteiger partial charge on any atom is -0.309 e. The predicted octanol–water partition coefficient (Wildman–Crippen LogP) is 4.79. The SMILES string of the molecule is Cn1c(SCc2nc3scc(-c4ccccc4Cl)c3c(=O)[nH]2)nnc1-c1ccncc1. The van der Waals surface area contributed by atoms with Gasteiger partial charge in [-0.3, -0.25) is 9.78 Å². The van der Waals surface area contributed by atoms with E-state index in [1.54, 1.807) is 12.4 Å². The second kappa shape index (κ2) is 8.26. The second-order valence-electron chi connectivity index (χ2n) is 6.71. The number of hydrogen-bond acceptors (Lipinski definition) is 7. The molecule has 0 unspecified atom stereocenters. The van der Waals surface area contributed by atoms with Gasteiger partial charge in [0, 0.05) is 46.5 Å². The Bertz CT molecular complexity index is 1440. The van der Waals surface area contributed by atoms with Crippen molar-refractivity contribution < 1.29 is 0 Å². The number of aromatic amines is 1. The molecule has 10 heteroatoms. The van der Waals surface area contributed by atoms with E-state index in [0.717, 1.165) is 27.7 Å². The van der Waals surface area contributed by atoms with E-state index in [9.17, 15) is 4.79 Å². The number of rotatable bonds is 5. The molecule has 0 radical (unpaired) electrons. The Kier molecular flexibility index (Phi) is 5.31. The third kappa shape index (κ3) is 3.76. The molecule has 0 atom stereocenters. The summed E-state index contributed by atoms with van der Waals surface area (Å²) in [5, 5.41) is 12.4. The molecule has 0 bridgehead atoms. The summed E-state index contributed by atoms with van der Waals surface area (Å²) in [6.45, 7) is 0. The van der Waals surface area contributed by atoms with Gasteiger partial charge in [-0.25, -0.2) is 4.98 Å². The molecular formula is C21H15ClN6OS2. The van der Waals surface area contributed by atoms with Crippen molar-refractivity contribution in [2.24, 2.45) is 7.05 Å². The van der Waals surface area contributed by atoms with Gasteiger partial charge in [0.1, 0.15) is 10.7 Å². The zero-order chi connectivity index (χ0) is 21.4. The summed E-state index contributed by atoms with van der Waals surface area (Å²) < 4.78 is 1.91. The molecule has 4 aromatic heterocycles. The molecule has 5 aromatic rings. The molecule has 0 amide bonds. The van der Waals surface area contributed by atoms with Crippen molar-refractivity contribution in [3.63, 3.8) is 0 Å². The largest absolute Gasteiger partial charge is 0.309 e. The quantitative estimate of drug-likeness (QED) is 0.375. The normalized spacial score (nSPS) is 11.3. The molecule has 0 saturated carbocycles. The Labute approximate surface area is 190 Å². The van der Waals surface area contributed by atoms with Crippen LogP contribution in [0.5, 0.6) is 0 Å². The van der Waals surface area contributed by atoms with E-state index < -0.39 is 0 Å². The molecule has 0 aliphatic heterocycles. The first-order valence-electron chi connectivity index (χ1n) is 9.29. The van der Waals surface area contributed by atoms with E-state index in [1.807, 2.05) is 53.4 Å². The summed E-state index contributed by atoms with van der Waals surface area (Å²) >= 11 is 9.23. The number of nitrogens with one attached hydrogen (secondary N) is 1. The summed E-state index contributed by atoms with van der Waals surface area (Å²) in [4.78, 5) is 25.1. The van der Waals surface area contributed by atoms with Gasteiger partial charge in [0.05, 0.1) is 11.1 Å². The fourth-order valence-corrected chi connectivity index (χ4v) is 5.24. The lowest BCUT2D eigenvalue weighted by Gasteiger charge is -2.05. The summed E-state index contributed by atoms with van der Waals surface area (Å²) in [5.41, 5.74) is 2.39. The van der Waals surface area contributed by atoms with Gasteiger partial charge < -0.3 is 9.55 Å². The van der Waals surface area contributed by atoms with E-state index in [4.69, 9.17) is 11.6 Å².